The van der Waals surface area contributed by atoms with Gasteiger partial charge in [-0.05, 0) is 44.7 Å². The average Bonchev–Trinajstić information content (AvgIpc) is 2.39. The predicted molar refractivity (Wildman–Crippen MR) is 70.0 cm³/mol. The molecule has 98 valence electrons. The second-order valence-corrected chi connectivity index (χ2v) is 4.81. The molecule has 0 aromatic carbocycles. The largest absolute Gasteiger partial charge is 0.466 e. The number of hydrogen-bond donors (Lipinski definition) is 1. The first kappa shape index (κ1) is 12.9. The molecule has 2 N–H and O–H groups in total. The van der Waals surface area contributed by atoms with Gasteiger partial charge in [-0.25, -0.2) is 0 Å². The lowest BCUT2D eigenvalue weighted by molar-refractivity contribution is -0.149. The van der Waals surface area contributed by atoms with Crippen LogP contribution in [0.5, 0.6) is 0 Å². The second kappa shape index (κ2) is 5.85. The number of carbonyl (C=O) groups excluding carboxylic acids is 1. The summed E-state index contributed by atoms with van der Waals surface area (Å²) in [6.07, 6.45) is 5.50. The van der Waals surface area contributed by atoms with Crippen molar-refractivity contribution in [1.29, 1.82) is 0 Å². The molecule has 1 aromatic rings. The van der Waals surface area contributed by atoms with Gasteiger partial charge in [-0.3, -0.25) is 9.78 Å². The fraction of sp³-hybridized carbons (Fsp3) is 0.571. The van der Waals surface area contributed by atoms with Gasteiger partial charge in [-0.15, -0.1) is 0 Å². The van der Waals surface area contributed by atoms with Gasteiger partial charge in [0.1, 0.15) is 0 Å². The third-order valence-corrected chi connectivity index (χ3v) is 3.57. The van der Waals surface area contributed by atoms with Crippen LogP contribution in [0.15, 0.2) is 18.3 Å². The van der Waals surface area contributed by atoms with E-state index in [1.807, 2.05) is 13.0 Å². The van der Waals surface area contributed by atoms with Gasteiger partial charge in [-0.2, -0.15) is 0 Å². The van der Waals surface area contributed by atoms with Crippen LogP contribution in [0.3, 0.4) is 0 Å². The summed E-state index contributed by atoms with van der Waals surface area (Å²) in [5.74, 6) is 0.456. The van der Waals surface area contributed by atoms with Gasteiger partial charge >= 0.3 is 5.97 Å². The summed E-state index contributed by atoms with van der Waals surface area (Å²) in [4.78, 5) is 16.0. The van der Waals surface area contributed by atoms with Crippen LogP contribution in [0, 0.1) is 5.92 Å². The van der Waals surface area contributed by atoms with Crippen LogP contribution in [0.1, 0.15) is 44.2 Å². The Balaban J connectivity index is 1.92. The summed E-state index contributed by atoms with van der Waals surface area (Å²) < 4.78 is 5.07. The van der Waals surface area contributed by atoms with Crippen molar-refractivity contribution in [2.45, 2.75) is 38.5 Å². The van der Waals surface area contributed by atoms with E-state index in [9.17, 15) is 4.79 Å². The van der Waals surface area contributed by atoms with E-state index >= 15 is 0 Å². The topological polar surface area (TPSA) is 65.2 Å². The van der Waals surface area contributed by atoms with E-state index in [1.165, 1.54) is 0 Å². The first-order chi connectivity index (χ1) is 8.70. The molecule has 2 rings (SSSR count). The van der Waals surface area contributed by atoms with Crippen molar-refractivity contribution in [3.63, 3.8) is 0 Å². The fourth-order valence-corrected chi connectivity index (χ4v) is 2.57. The van der Waals surface area contributed by atoms with Crippen LogP contribution in [-0.2, 0) is 9.53 Å². The molecule has 1 fully saturated rings. The van der Waals surface area contributed by atoms with Crippen molar-refractivity contribution in [2.24, 2.45) is 5.92 Å². The highest BCUT2D eigenvalue weighted by molar-refractivity contribution is 5.72. The first-order valence-electron chi connectivity index (χ1n) is 6.58. The summed E-state index contributed by atoms with van der Waals surface area (Å²) in [6.45, 7) is 2.32. The minimum atomic E-state index is -0.0449. The monoisotopic (exact) mass is 248 g/mol. The summed E-state index contributed by atoms with van der Waals surface area (Å²) in [6, 6.07) is 3.74. The highest BCUT2D eigenvalue weighted by atomic mass is 16.5. The van der Waals surface area contributed by atoms with E-state index in [0.29, 0.717) is 12.5 Å². The molecule has 0 spiro atoms. The van der Waals surface area contributed by atoms with Gasteiger partial charge in [0.2, 0.25) is 0 Å². The molecule has 0 aliphatic heterocycles. The van der Waals surface area contributed by atoms with Gasteiger partial charge in [0.15, 0.2) is 0 Å². The Kier molecular flexibility index (Phi) is 4.18. The first-order valence-corrected chi connectivity index (χ1v) is 6.58. The molecule has 1 aliphatic rings. The van der Waals surface area contributed by atoms with Crippen LogP contribution >= 0.6 is 0 Å². The zero-order chi connectivity index (χ0) is 13.0. The Morgan fingerprint density at radius 1 is 1.44 bits per heavy atom. The van der Waals surface area contributed by atoms with E-state index < -0.39 is 0 Å². The number of ether oxygens (including phenoxy) is 1. The standard InChI is InChI=1S/C14H20N2O2/c1-2-18-14(17)11-5-3-10(4-6-11)13-9-12(15)7-8-16-13/h7-11H,2-6H2,1H3,(H2,15,16)/t10-,11-. The molecule has 4 heteroatoms. The maximum Gasteiger partial charge on any atom is 0.308 e. The quantitative estimate of drug-likeness (QED) is 0.835. The number of pyridine rings is 1. The molecule has 0 bridgehead atoms. The second-order valence-electron chi connectivity index (χ2n) is 4.81. The Labute approximate surface area is 108 Å². The summed E-state index contributed by atoms with van der Waals surface area (Å²) >= 11 is 0. The maximum atomic E-state index is 11.6. The average molecular weight is 248 g/mol. The number of nitrogens with two attached hydrogens (primary N) is 1. The van der Waals surface area contributed by atoms with Crippen molar-refractivity contribution in [2.75, 3.05) is 12.3 Å². The van der Waals surface area contributed by atoms with Crippen LogP contribution in [0.2, 0.25) is 0 Å². The van der Waals surface area contributed by atoms with Gasteiger partial charge in [0, 0.05) is 23.5 Å². The summed E-state index contributed by atoms with van der Waals surface area (Å²) in [5, 5.41) is 0. The van der Waals surface area contributed by atoms with E-state index in [-0.39, 0.29) is 11.9 Å². The molecule has 0 atom stereocenters. The molecule has 1 aromatic heterocycles. The van der Waals surface area contributed by atoms with Crippen molar-refractivity contribution in [3.8, 4) is 0 Å². The number of rotatable bonds is 3. The van der Waals surface area contributed by atoms with Gasteiger partial charge in [0.25, 0.3) is 0 Å². The van der Waals surface area contributed by atoms with Gasteiger partial charge < -0.3 is 10.5 Å². The summed E-state index contributed by atoms with van der Waals surface area (Å²) in [7, 11) is 0. The number of nitrogen functional groups attached to an aromatic ring is 1. The number of anilines is 1. The minimum Gasteiger partial charge on any atom is -0.466 e. The Hall–Kier alpha value is -1.58. The third kappa shape index (κ3) is 3.00. The molecule has 0 saturated heterocycles. The minimum absolute atomic E-state index is 0.0449. The molecule has 1 saturated carbocycles. The lowest BCUT2D eigenvalue weighted by Crippen LogP contribution is -2.23. The highest BCUT2D eigenvalue weighted by Crippen LogP contribution is 2.35. The number of esters is 1. The molecule has 1 heterocycles. The number of nitrogens with zero attached hydrogens (tertiary/aromatic N) is 1. The van der Waals surface area contributed by atoms with Crippen LogP contribution in [0.4, 0.5) is 5.69 Å². The normalized spacial score (nSPS) is 23.6. The van der Waals surface area contributed by atoms with Crippen LogP contribution < -0.4 is 5.73 Å². The molecule has 1 aliphatic carbocycles. The molecule has 4 nitrogen and oxygen atoms in total. The number of hydrogen-bond acceptors (Lipinski definition) is 4. The fourth-order valence-electron chi connectivity index (χ4n) is 2.57. The number of aromatic nitrogens is 1. The lowest BCUT2D eigenvalue weighted by Gasteiger charge is -2.26. The predicted octanol–water partition coefficient (Wildman–Crippen LogP) is 2.50. The summed E-state index contributed by atoms with van der Waals surface area (Å²) in [5.41, 5.74) is 7.58. The Morgan fingerprint density at radius 3 is 2.78 bits per heavy atom. The van der Waals surface area contributed by atoms with E-state index in [4.69, 9.17) is 10.5 Å². The molecule has 0 unspecified atom stereocenters. The molecule has 18 heavy (non-hydrogen) atoms. The molecule has 0 radical (unpaired) electrons. The van der Waals surface area contributed by atoms with Crippen LogP contribution in [0.25, 0.3) is 0 Å². The van der Waals surface area contributed by atoms with Gasteiger partial charge in [0.05, 0.1) is 12.5 Å². The SMILES string of the molecule is CCOC(=O)[C@H]1CC[C@H](c2cc(N)ccn2)CC1. The van der Waals surface area contributed by atoms with Crippen molar-refractivity contribution >= 4 is 11.7 Å². The Bertz CT molecular complexity index is 412. The number of carbonyl (C=O) groups is 1. The smallest absolute Gasteiger partial charge is 0.308 e. The molecule has 0 amide bonds. The maximum absolute atomic E-state index is 11.6. The molecular weight excluding hydrogens is 228 g/mol. The van der Waals surface area contributed by atoms with Crippen molar-refractivity contribution < 1.29 is 9.53 Å². The van der Waals surface area contributed by atoms with Gasteiger partial charge in [-0.1, -0.05) is 0 Å². The van der Waals surface area contributed by atoms with Crippen LogP contribution in [-0.4, -0.2) is 17.6 Å². The Morgan fingerprint density at radius 2 is 2.17 bits per heavy atom. The van der Waals surface area contributed by atoms with E-state index in [0.717, 1.165) is 37.1 Å². The van der Waals surface area contributed by atoms with Crippen molar-refractivity contribution in [1.82, 2.24) is 4.98 Å². The highest BCUT2D eigenvalue weighted by Gasteiger charge is 2.28. The molecular formula is C14H20N2O2. The lowest BCUT2D eigenvalue weighted by atomic mass is 9.80. The van der Waals surface area contributed by atoms with E-state index in [2.05, 4.69) is 4.98 Å². The zero-order valence-electron chi connectivity index (χ0n) is 10.8. The third-order valence-electron chi connectivity index (χ3n) is 3.57. The van der Waals surface area contributed by atoms with Crippen molar-refractivity contribution in [3.05, 3.63) is 24.0 Å². The zero-order valence-corrected chi connectivity index (χ0v) is 10.8. The van der Waals surface area contributed by atoms with E-state index in [1.54, 1.807) is 12.3 Å².